The molecule has 2 rings (SSSR count). The largest absolute Gasteiger partial charge is 0.495 e. The molecule has 2 aromatic rings. The van der Waals surface area contributed by atoms with Gasteiger partial charge in [0.1, 0.15) is 10.6 Å². The lowest BCUT2D eigenvalue weighted by Crippen LogP contribution is -2.14. The molecule has 22 heavy (non-hydrogen) atoms. The number of nitrogens with one attached hydrogen (secondary N) is 1. The highest BCUT2D eigenvalue weighted by atomic mass is 35.5. The first-order chi connectivity index (χ1) is 10.3. The lowest BCUT2D eigenvalue weighted by Gasteiger charge is -2.12. The summed E-state index contributed by atoms with van der Waals surface area (Å²) in [6, 6.07) is 5.30. The second kappa shape index (κ2) is 6.20. The Morgan fingerprint density at radius 3 is 2.68 bits per heavy atom. The number of carbonyl (C=O) groups is 1. The number of ether oxygens (including phenoxy) is 1. The number of benzene rings is 1. The molecule has 0 atom stereocenters. The van der Waals surface area contributed by atoms with Crippen molar-refractivity contribution in [2.24, 2.45) is 0 Å². The van der Waals surface area contributed by atoms with Crippen LogP contribution in [-0.4, -0.2) is 31.6 Å². The lowest BCUT2D eigenvalue weighted by molar-refractivity contribution is 0.0696. The fraction of sp³-hybridized carbons (Fsp3) is 0.0769. The van der Waals surface area contributed by atoms with E-state index in [4.69, 9.17) is 21.4 Å². The number of anilines is 1. The van der Waals surface area contributed by atoms with Gasteiger partial charge in [0, 0.05) is 11.2 Å². The van der Waals surface area contributed by atoms with E-state index < -0.39 is 16.0 Å². The quantitative estimate of drug-likeness (QED) is 0.863. The number of nitrogens with zero attached hydrogens (tertiary/aromatic N) is 1. The van der Waals surface area contributed by atoms with Crippen LogP contribution in [0.5, 0.6) is 5.75 Å². The lowest BCUT2D eigenvalue weighted by atomic mass is 10.3. The molecule has 0 fully saturated rings. The molecule has 1 aromatic heterocycles. The van der Waals surface area contributed by atoms with Crippen molar-refractivity contribution in [2.75, 3.05) is 11.8 Å². The van der Waals surface area contributed by atoms with Crippen molar-refractivity contribution in [2.45, 2.75) is 4.90 Å². The highest BCUT2D eigenvalue weighted by molar-refractivity contribution is 7.92. The Hall–Kier alpha value is -2.32. The first-order valence-corrected chi connectivity index (χ1v) is 7.74. The summed E-state index contributed by atoms with van der Waals surface area (Å²) in [6.07, 6.45) is 2.31. The second-order valence-corrected chi connectivity index (χ2v) is 6.26. The Labute approximate surface area is 131 Å². The number of sulfonamides is 1. The standard InChI is InChI=1S/C13H11ClN2O5S/c1-21-11-3-2-9(14)5-12(11)22(19,20)16-10-4-8(13(17)18)6-15-7-10/h2-7,16H,1H3,(H,17,18). The predicted octanol–water partition coefficient (Wildman–Crippen LogP) is 2.24. The Balaban J connectivity index is 2.42. The zero-order valence-electron chi connectivity index (χ0n) is 11.3. The third-order valence-electron chi connectivity index (χ3n) is 2.65. The van der Waals surface area contributed by atoms with Gasteiger partial charge in [-0.15, -0.1) is 0 Å². The third-order valence-corrected chi connectivity index (χ3v) is 4.29. The van der Waals surface area contributed by atoms with E-state index in [2.05, 4.69) is 9.71 Å². The van der Waals surface area contributed by atoms with Crippen molar-refractivity contribution in [3.63, 3.8) is 0 Å². The van der Waals surface area contributed by atoms with Crippen LogP contribution in [0.2, 0.25) is 5.02 Å². The summed E-state index contributed by atoms with van der Waals surface area (Å²) in [7, 11) is -2.69. The molecule has 0 radical (unpaired) electrons. The Morgan fingerprint density at radius 1 is 1.32 bits per heavy atom. The van der Waals surface area contributed by atoms with E-state index in [1.807, 2.05) is 0 Å². The van der Waals surface area contributed by atoms with E-state index in [-0.39, 0.29) is 26.9 Å². The second-order valence-electron chi connectivity index (χ2n) is 4.17. The van der Waals surface area contributed by atoms with Crippen molar-refractivity contribution in [3.8, 4) is 5.75 Å². The van der Waals surface area contributed by atoms with E-state index >= 15 is 0 Å². The molecule has 116 valence electrons. The summed E-state index contributed by atoms with van der Waals surface area (Å²) in [5, 5.41) is 9.11. The van der Waals surface area contributed by atoms with Gasteiger partial charge in [-0.2, -0.15) is 0 Å². The highest BCUT2D eigenvalue weighted by Gasteiger charge is 2.20. The maximum atomic E-state index is 12.4. The maximum Gasteiger partial charge on any atom is 0.337 e. The van der Waals surface area contributed by atoms with E-state index in [0.717, 1.165) is 12.3 Å². The van der Waals surface area contributed by atoms with Gasteiger partial charge in [0.05, 0.1) is 24.6 Å². The van der Waals surface area contributed by atoms with Crippen LogP contribution >= 0.6 is 11.6 Å². The summed E-state index contributed by atoms with van der Waals surface area (Å²) in [4.78, 5) is 14.4. The van der Waals surface area contributed by atoms with Gasteiger partial charge in [0.2, 0.25) is 0 Å². The minimum Gasteiger partial charge on any atom is -0.495 e. The van der Waals surface area contributed by atoms with Gasteiger partial charge in [-0.05, 0) is 24.3 Å². The van der Waals surface area contributed by atoms with E-state index in [0.29, 0.717) is 0 Å². The molecule has 0 bridgehead atoms. The monoisotopic (exact) mass is 342 g/mol. The molecule has 0 unspecified atom stereocenters. The molecule has 0 aliphatic carbocycles. The number of aromatic carboxylic acids is 1. The average molecular weight is 343 g/mol. The Morgan fingerprint density at radius 2 is 2.05 bits per heavy atom. The van der Waals surface area contributed by atoms with Gasteiger partial charge in [0.15, 0.2) is 0 Å². The zero-order valence-corrected chi connectivity index (χ0v) is 12.9. The summed E-state index contributed by atoms with van der Waals surface area (Å²) >= 11 is 5.81. The van der Waals surface area contributed by atoms with Gasteiger partial charge in [-0.3, -0.25) is 9.71 Å². The number of hydrogen-bond acceptors (Lipinski definition) is 5. The number of aromatic nitrogens is 1. The van der Waals surface area contributed by atoms with Crippen molar-refractivity contribution in [1.82, 2.24) is 4.98 Å². The highest BCUT2D eigenvalue weighted by Crippen LogP contribution is 2.28. The van der Waals surface area contributed by atoms with Crippen LogP contribution in [0, 0.1) is 0 Å². The van der Waals surface area contributed by atoms with Crippen molar-refractivity contribution in [3.05, 3.63) is 47.2 Å². The number of hydrogen-bond donors (Lipinski definition) is 2. The molecule has 0 saturated heterocycles. The average Bonchev–Trinajstić information content (AvgIpc) is 2.47. The molecule has 9 heteroatoms. The normalized spacial score (nSPS) is 11.0. The predicted molar refractivity (Wildman–Crippen MR) is 80.0 cm³/mol. The summed E-state index contributed by atoms with van der Waals surface area (Å²) in [5.74, 6) is -1.10. The van der Waals surface area contributed by atoms with Crippen LogP contribution in [0.15, 0.2) is 41.6 Å². The Bertz CT molecular complexity index is 823. The summed E-state index contributed by atoms with van der Waals surface area (Å²) in [6.45, 7) is 0. The molecule has 0 spiro atoms. The fourth-order valence-corrected chi connectivity index (χ4v) is 3.15. The molecule has 0 aliphatic heterocycles. The van der Waals surface area contributed by atoms with Gasteiger partial charge >= 0.3 is 5.97 Å². The van der Waals surface area contributed by atoms with E-state index in [9.17, 15) is 13.2 Å². The van der Waals surface area contributed by atoms with Gasteiger partial charge in [0.25, 0.3) is 10.0 Å². The smallest absolute Gasteiger partial charge is 0.337 e. The number of carboxylic acids is 1. The van der Waals surface area contributed by atoms with Crippen molar-refractivity contribution in [1.29, 1.82) is 0 Å². The molecular formula is C13H11ClN2O5S. The van der Waals surface area contributed by atoms with Crippen LogP contribution in [0.4, 0.5) is 5.69 Å². The maximum absolute atomic E-state index is 12.4. The van der Waals surface area contributed by atoms with Crippen LogP contribution in [0.3, 0.4) is 0 Å². The van der Waals surface area contributed by atoms with E-state index in [1.54, 1.807) is 0 Å². The molecule has 0 amide bonds. The number of pyridine rings is 1. The number of carboxylic acid groups (broad SMARTS) is 1. The Kier molecular flexibility index (Phi) is 4.53. The minimum atomic E-state index is -4.01. The van der Waals surface area contributed by atoms with Gasteiger partial charge < -0.3 is 9.84 Å². The topological polar surface area (TPSA) is 106 Å². The SMILES string of the molecule is COc1ccc(Cl)cc1S(=O)(=O)Nc1cncc(C(=O)O)c1. The molecule has 1 heterocycles. The molecule has 7 nitrogen and oxygen atoms in total. The zero-order chi connectivity index (χ0) is 16.3. The van der Waals surface area contributed by atoms with Crippen LogP contribution < -0.4 is 9.46 Å². The molecule has 1 aromatic carbocycles. The van der Waals surface area contributed by atoms with Crippen LogP contribution in [0.1, 0.15) is 10.4 Å². The third kappa shape index (κ3) is 3.46. The number of rotatable bonds is 5. The first-order valence-electron chi connectivity index (χ1n) is 5.88. The van der Waals surface area contributed by atoms with Gasteiger partial charge in [-0.1, -0.05) is 11.6 Å². The molecule has 2 N–H and O–H groups in total. The van der Waals surface area contributed by atoms with Crippen molar-refractivity contribution >= 4 is 33.3 Å². The number of halogens is 1. The first kappa shape index (κ1) is 16.1. The fourth-order valence-electron chi connectivity index (χ4n) is 1.68. The van der Waals surface area contributed by atoms with Gasteiger partial charge in [-0.25, -0.2) is 13.2 Å². The molecule has 0 saturated carbocycles. The molecular weight excluding hydrogens is 332 g/mol. The van der Waals surface area contributed by atoms with E-state index in [1.165, 1.54) is 31.5 Å². The van der Waals surface area contributed by atoms with Crippen molar-refractivity contribution < 1.29 is 23.1 Å². The molecule has 0 aliphatic rings. The number of methoxy groups -OCH3 is 1. The van der Waals surface area contributed by atoms with Crippen LogP contribution in [0.25, 0.3) is 0 Å². The summed E-state index contributed by atoms with van der Waals surface area (Å²) in [5.41, 5.74) is -0.125. The minimum absolute atomic E-state index is 0.0157. The summed E-state index contributed by atoms with van der Waals surface area (Å²) < 4.78 is 32.0. The van der Waals surface area contributed by atoms with Crippen LogP contribution in [-0.2, 0) is 10.0 Å².